The number of furan rings is 1. The Kier molecular flexibility index (Phi) is 6.39. The Morgan fingerprint density at radius 3 is 1.73 bits per heavy atom. The van der Waals surface area contributed by atoms with Crippen molar-refractivity contribution < 1.29 is 4.42 Å². The molecule has 0 radical (unpaired) electrons. The monoisotopic (exact) mass is 643 g/mol. The van der Waals surface area contributed by atoms with Gasteiger partial charge in [0.1, 0.15) is 11.2 Å². The molecule has 49 heavy (non-hydrogen) atoms. The number of fused-ring (bicyclic) bond motifs is 7. The Hall–Kier alpha value is -6.16. The maximum Gasteiger partial charge on any atom is 0.136 e. The summed E-state index contributed by atoms with van der Waals surface area (Å²) in [4.78, 5) is 2.50. The van der Waals surface area contributed by atoms with Crippen LogP contribution in [0.15, 0.2) is 180 Å². The second kappa shape index (κ2) is 11.2. The van der Waals surface area contributed by atoms with Crippen molar-refractivity contribution in [2.45, 2.75) is 0 Å². The molecule has 2 nitrogen and oxygen atoms in total. The van der Waals surface area contributed by atoms with E-state index in [-0.39, 0.29) is 0 Å². The molecule has 2 aromatic heterocycles. The van der Waals surface area contributed by atoms with Gasteiger partial charge in [-0.15, -0.1) is 11.3 Å². The largest absolute Gasteiger partial charge is 0.456 e. The van der Waals surface area contributed by atoms with Gasteiger partial charge in [0.15, 0.2) is 0 Å². The van der Waals surface area contributed by atoms with E-state index in [2.05, 4.69) is 175 Å². The molecular formula is C46H29NOS. The van der Waals surface area contributed by atoms with Crippen LogP contribution in [0.4, 0.5) is 17.1 Å². The molecule has 3 heteroatoms. The van der Waals surface area contributed by atoms with Gasteiger partial charge in [-0.1, -0.05) is 133 Å². The lowest BCUT2D eigenvalue weighted by Gasteiger charge is -2.31. The molecule has 0 atom stereocenters. The van der Waals surface area contributed by atoms with Gasteiger partial charge in [0.25, 0.3) is 0 Å². The van der Waals surface area contributed by atoms with Gasteiger partial charge in [-0.2, -0.15) is 0 Å². The van der Waals surface area contributed by atoms with Crippen LogP contribution in [0, 0.1) is 0 Å². The van der Waals surface area contributed by atoms with Gasteiger partial charge in [0, 0.05) is 42.1 Å². The third-order valence-electron chi connectivity index (χ3n) is 9.68. The minimum atomic E-state index is 0.891. The Morgan fingerprint density at radius 1 is 0.347 bits per heavy atom. The normalized spacial score (nSPS) is 11.7. The molecule has 2 heterocycles. The molecule has 0 spiro atoms. The standard InChI is InChI=1S/C46H29NOS/c1-2-16-31-30(14-1)15-11-21-32(31)33-17-3-7-23-38(33)47(40-25-13-29-44-46(40)37-20-6-10-28-43(37)49-44)39-24-8-4-18-34(39)35-22-12-27-42-45(35)36-19-5-9-26-41(36)48-42/h1-29H. The summed E-state index contributed by atoms with van der Waals surface area (Å²) in [6, 6.07) is 63.3. The van der Waals surface area contributed by atoms with E-state index in [0.29, 0.717) is 0 Å². The molecule has 0 aliphatic rings. The highest BCUT2D eigenvalue weighted by Crippen LogP contribution is 2.51. The lowest BCUT2D eigenvalue weighted by Crippen LogP contribution is -2.13. The fraction of sp³-hybridized carbons (Fsp3) is 0. The molecule has 230 valence electrons. The predicted octanol–water partition coefficient (Wildman–Crippen LogP) is 13.9. The van der Waals surface area contributed by atoms with Crippen LogP contribution >= 0.6 is 11.3 Å². The third kappa shape index (κ3) is 4.40. The Morgan fingerprint density at radius 2 is 0.878 bits per heavy atom. The molecule has 10 aromatic rings. The van der Waals surface area contributed by atoms with Crippen molar-refractivity contribution in [3.05, 3.63) is 176 Å². The number of rotatable bonds is 5. The van der Waals surface area contributed by atoms with Crippen LogP contribution in [-0.2, 0) is 0 Å². The van der Waals surface area contributed by atoms with E-state index >= 15 is 0 Å². The number of hydrogen-bond acceptors (Lipinski definition) is 3. The maximum absolute atomic E-state index is 6.39. The number of benzene rings is 8. The number of anilines is 3. The molecule has 0 unspecified atom stereocenters. The zero-order chi connectivity index (χ0) is 32.3. The van der Waals surface area contributed by atoms with E-state index in [4.69, 9.17) is 4.42 Å². The number of para-hydroxylation sites is 3. The van der Waals surface area contributed by atoms with Crippen molar-refractivity contribution in [3.63, 3.8) is 0 Å². The zero-order valence-corrected chi connectivity index (χ0v) is 27.3. The van der Waals surface area contributed by atoms with E-state index in [1.807, 2.05) is 17.4 Å². The fourth-order valence-electron chi connectivity index (χ4n) is 7.58. The molecule has 0 saturated heterocycles. The minimum Gasteiger partial charge on any atom is -0.456 e. The Labute approximate surface area is 287 Å². The molecule has 0 aliphatic heterocycles. The molecule has 0 amide bonds. The van der Waals surface area contributed by atoms with Gasteiger partial charge in [-0.05, 0) is 64.4 Å². The Balaban J connectivity index is 1.32. The van der Waals surface area contributed by atoms with Crippen molar-refractivity contribution in [1.82, 2.24) is 0 Å². The summed E-state index contributed by atoms with van der Waals surface area (Å²) >= 11 is 1.85. The van der Waals surface area contributed by atoms with E-state index in [1.54, 1.807) is 0 Å². The van der Waals surface area contributed by atoms with Gasteiger partial charge in [-0.3, -0.25) is 0 Å². The molecule has 0 N–H and O–H groups in total. The summed E-state index contributed by atoms with van der Waals surface area (Å²) in [7, 11) is 0. The van der Waals surface area contributed by atoms with Gasteiger partial charge in [0.2, 0.25) is 0 Å². The van der Waals surface area contributed by atoms with Gasteiger partial charge in [0.05, 0.1) is 17.1 Å². The second-order valence-corrected chi connectivity index (χ2v) is 13.5. The number of hydrogen-bond donors (Lipinski definition) is 0. The average Bonchev–Trinajstić information content (AvgIpc) is 3.74. The smallest absolute Gasteiger partial charge is 0.136 e. The summed E-state index contributed by atoms with van der Waals surface area (Å²) in [5.41, 5.74) is 9.85. The molecule has 0 saturated carbocycles. The fourth-order valence-corrected chi connectivity index (χ4v) is 8.71. The molecular weight excluding hydrogens is 615 g/mol. The van der Waals surface area contributed by atoms with Crippen LogP contribution in [0.25, 0.3) is 75.1 Å². The lowest BCUT2D eigenvalue weighted by atomic mass is 9.94. The van der Waals surface area contributed by atoms with Crippen molar-refractivity contribution in [2.24, 2.45) is 0 Å². The van der Waals surface area contributed by atoms with Crippen molar-refractivity contribution in [2.75, 3.05) is 4.90 Å². The van der Waals surface area contributed by atoms with Crippen LogP contribution in [0.5, 0.6) is 0 Å². The summed E-state index contributed by atoms with van der Waals surface area (Å²) in [5.74, 6) is 0. The average molecular weight is 644 g/mol. The first kappa shape index (κ1) is 27.9. The molecule has 0 fully saturated rings. The third-order valence-corrected chi connectivity index (χ3v) is 10.8. The van der Waals surface area contributed by atoms with E-state index in [0.717, 1.165) is 50.1 Å². The number of thiophene rings is 1. The Bertz CT molecular complexity index is 2850. The van der Waals surface area contributed by atoms with E-state index in [1.165, 1.54) is 42.1 Å². The first-order valence-corrected chi connectivity index (χ1v) is 17.4. The van der Waals surface area contributed by atoms with Crippen LogP contribution in [-0.4, -0.2) is 0 Å². The summed E-state index contributed by atoms with van der Waals surface area (Å²) in [6.45, 7) is 0. The zero-order valence-electron chi connectivity index (χ0n) is 26.5. The van der Waals surface area contributed by atoms with Crippen LogP contribution in [0.2, 0.25) is 0 Å². The maximum atomic E-state index is 6.39. The van der Waals surface area contributed by atoms with E-state index < -0.39 is 0 Å². The topological polar surface area (TPSA) is 16.4 Å². The van der Waals surface area contributed by atoms with Crippen LogP contribution in [0.1, 0.15) is 0 Å². The van der Waals surface area contributed by atoms with Gasteiger partial charge >= 0.3 is 0 Å². The van der Waals surface area contributed by atoms with Crippen LogP contribution in [0.3, 0.4) is 0 Å². The highest BCUT2D eigenvalue weighted by atomic mass is 32.1. The molecule has 8 aromatic carbocycles. The molecule has 0 bridgehead atoms. The number of nitrogens with zero attached hydrogens (tertiary/aromatic N) is 1. The first-order chi connectivity index (χ1) is 24.3. The molecule has 0 aliphatic carbocycles. The SMILES string of the molecule is c1ccc(N(c2ccccc2-c2cccc3oc4ccccc4c23)c2cccc3sc4ccccc4c23)c(-c2cccc3ccccc23)c1. The summed E-state index contributed by atoms with van der Waals surface area (Å²) < 4.78 is 8.94. The summed E-state index contributed by atoms with van der Waals surface area (Å²) in [5, 5.41) is 7.25. The first-order valence-electron chi connectivity index (χ1n) is 16.6. The minimum absolute atomic E-state index is 0.891. The highest BCUT2D eigenvalue weighted by molar-refractivity contribution is 7.26. The summed E-state index contributed by atoms with van der Waals surface area (Å²) in [6.07, 6.45) is 0. The quantitative estimate of drug-likeness (QED) is 0.186. The highest BCUT2D eigenvalue weighted by Gasteiger charge is 2.25. The van der Waals surface area contributed by atoms with Crippen molar-refractivity contribution in [1.29, 1.82) is 0 Å². The van der Waals surface area contributed by atoms with Crippen LogP contribution < -0.4 is 4.90 Å². The molecule has 10 rings (SSSR count). The predicted molar refractivity (Wildman–Crippen MR) is 210 cm³/mol. The van der Waals surface area contributed by atoms with E-state index in [9.17, 15) is 0 Å². The lowest BCUT2D eigenvalue weighted by molar-refractivity contribution is 0.669. The van der Waals surface area contributed by atoms with Crippen molar-refractivity contribution in [3.8, 4) is 22.3 Å². The second-order valence-electron chi connectivity index (χ2n) is 12.4. The van der Waals surface area contributed by atoms with Gasteiger partial charge in [-0.25, -0.2) is 0 Å². The van der Waals surface area contributed by atoms with Crippen molar-refractivity contribution >= 4 is 81.3 Å². The van der Waals surface area contributed by atoms with Gasteiger partial charge < -0.3 is 9.32 Å².